The first kappa shape index (κ1) is 13.1. The Labute approximate surface area is 117 Å². The van der Waals surface area contributed by atoms with E-state index in [0.717, 1.165) is 21.3 Å². The minimum absolute atomic E-state index is 0.00519. The van der Waals surface area contributed by atoms with Crippen LogP contribution in [0.25, 0.3) is 0 Å². The Kier molecular flexibility index (Phi) is 4.06. The quantitative estimate of drug-likeness (QED) is 0.599. The third-order valence-corrected chi connectivity index (χ3v) is 3.24. The Morgan fingerprint density at radius 1 is 1.00 bits per heavy atom. The number of ketones is 1. The molecule has 0 unspecified atom stereocenters. The highest BCUT2D eigenvalue weighted by Crippen LogP contribution is 2.16. The van der Waals surface area contributed by atoms with Gasteiger partial charge in [0.2, 0.25) is 0 Å². The molecule has 18 heavy (non-hydrogen) atoms. The summed E-state index contributed by atoms with van der Waals surface area (Å²) in [6.45, 7) is 0. The van der Waals surface area contributed by atoms with Crippen molar-refractivity contribution in [1.82, 2.24) is 0 Å². The zero-order valence-corrected chi connectivity index (χ0v) is 11.4. The maximum absolute atomic E-state index is 13.4. The molecule has 0 saturated carbocycles. The lowest BCUT2D eigenvalue weighted by Gasteiger charge is -2.04. The van der Waals surface area contributed by atoms with Crippen LogP contribution in [0.5, 0.6) is 0 Å². The summed E-state index contributed by atoms with van der Waals surface area (Å²) in [5.74, 6) is -2.18. The molecule has 0 aliphatic heterocycles. The van der Waals surface area contributed by atoms with Gasteiger partial charge in [0.05, 0.1) is 5.56 Å². The van der Waals surface area contributed by atoms with Crippen molar-refractivity contribution in [2.75, 3.05) is 0 Å². The van der Waals surface area contributed by atoms with Gasteiger partial charge in [0.15, 0.2) is 5.78 Å². The predicted molar refractivity (Wildman–Crippen MR) is 73.6 cm³/mol. The third kappa shape index (κ3) is 2.93. The summed E-state index contributed by atoms with van der Waals surface area (Å²) >= 11 is 2.15. The van der Waals surface area contributed by atoms with Crippen LogP contribution in [0.3, 0.4) is 0 Å². The molecule has 2 rings (SSSR count). The average molecular weight is 358 g/mol. The summed E-state index contributed by atoms with van der Waals surface area (Å²) in [7, 11) is 0. The fourth-order valence-corrected chi connectivity index (χ4v) is 2.00. The monoisotopic (exact) mass is 358 g/mol. The number of halogens is 3. The van der Waals surface area contributed by atoms with E-state index in [2.05, 4.69) is 22.6 Å². The van der Waals surface area contributed by atoms with Crippen LogP contribution in [-0.4, -0.2) is 5.78 Å². The van der Waals surface area contributed by atoms with Crippen molar-refractivity contribution in [3.8, 4) is 0 Å². The van der Waals surface area contributed by atoms with Crippen LogP contribution >= 0.6 is 22.6 Å². The van der Waals surface area contributed by atoms with E-state index < -0.39 is 23.0 Å². The smallest absolute Gasteiger partial charge is 0.173 e. The molecule has 1 nitrogen and oxygen atoms in total. The lowest BCUT2D eigenvalue weighted by Crippen LogP contribution is -2.09. The topological polar surface area (TPSA) is 17.1 Å². The average Bonchev–Trinajstić information content (AvgIpc) is 2.32. The zero-order valence-electron chi connectivity index (χ0n) is 9.29. The molecule has 0 aliphatic carbocycles. The maximum atomic E-state index is 13.4. The van der Waals surface area contributed by atoms with Crippen molar-refractivity contribution in [2.45, 2.75) is 6.42 Å². The molecule has 0 heterocycles. The second-order valence-electron chi connectivity index (χ2n) is 3.82. The fraction of sp³-hybridized carbons (Fsp3) is 0.0714. The number of rotatable bonds is 3. The van der Waals surface area contributed by atoms with E-state index in [1.807, 2.05) is 12.1 Å². The van der Waals surface area contributed by atoms with Crippen molar-refractivity contribution in [1.29, 1.82) is 0 Å². The third-order valence-electron chi connectivity index (χ3n) is 2.52. The van der Waals surface area contributed by atoms with E-state index in [-0.39, 0.29) is 6.42 Å². The van der Waals surface area contributed by atoms with E-state index in [4.69, 9.17) is 0 Å². The van der Waals surface area contributed by atoms with Gasteiger partial charge in [-0.25, -0.2) is 8.78 Å². The lowest BCUT2D eigenvalue weighted by molar-refractivity contribution is 0.0985. The molecule has 92 valence electrons. The summed E-state index contributed by atoms with van der Waals surface area (Å²) in [5, 5.41) is 0. The SMILES string of the molecule is O=C(Cc1ccc(I)cc1)c1c(F)cccc1F. The number of hydrogen-bond acceptors (Lipinski definition) is 1. The summed E-state index contributed by atoms with van der Waals surface area (Å²) in [6.07, 6.45) is -0.00519. The van der Waals surface area contributed by atoms with Gasteiger partial charge in [-0.05, 0) is 52.4 Å². The molecule has 0 spiro atoms. The molecule has 0 atom stereocenters. The Balaban J connectivity index is 2.25. The molecule has 0 radical (unpaired) electrons. The number of hydrogen-bond donors (Lipinski definition) is 0. The Morgan fingerprint density at radius 2 is 1.56 bits per heavy atom. The second-order valence-corrected chi connectivity index (χ2v) is 5.07. The van der Waals surface area contributed by atoms with Crippen molar-refractivity contribution < 1.29 is 13.6 Å². The van der Waals surface area contributed by atoms with Crippen LogP contribution < -0.4 is 0 Å². The largest absolute Gasteiger partial charge is 0.294 e. The molecular formula is C14H9F2IO. The number of carbonyl (C=O) groups is 1. The van der Waals surface area contributed by atoms with Crippen molar-refractivity contribution in [3.63, 3.8) is 0 Å². The van der Waals surface area contributed by atoms with Crippen molar-refractivity contribution in [3.05, 3.63) is 68.8 Å². The predicted octanol–water partition coefficient (Wildman–Crippen LogP) is 3.99. The van der Waals surface area contributed by atoms with Gasteiger partial charge in [-0.2, -0.15) is 0 Å². The minimum Gasteiger partial charge on any atom is -0.294 e. The molecule has 0 amide bonds. The fourth-order valence-electron chi connectivity index (χ4n) is 1.64. The van der Waals surface area contributed by atoms with Crippen LogP contribution in [0.1, 0.15) is 15.9 Å². The molecule has 4 heteroatoms. The zero-order chi connectivity index (χ0) is 13.1. The minimum atomic E-state index is -0.814. The van der Waals surface area contributed by atoms with Crippen LogP contribution in [0.4, 0.5) is 8.78 Å². The lowest BCUT2D eigenvalue weighted by atomic mass is 10.0. The highest BCUT2D eigenvalue weighted by atomic mass is 127. The molecule has 0 bridgehead atoms. The van der Waals surface area contributed by atoms with Gasteiger partial charge in [0.25, 0.3) is 0 Å². The van der Waals surface area contributed by atoms with Gasteiger partial charge in [-0.15, -0.1) is 0 Å². The summed E-state index contributed by atoms with van der Waals surface area (Å²) in [4.78, 5) is 11.9. The van der Waals surface area contributed by atoms with Crippen LogP contribution in [0, 0.1) is 15.2 Å². The molecule has 0 N–H and O–H groups in total. The van der Waals surface area contributed by atoms with Gasteiger partial charge in [0, 0.05) is 9.99 Å². The normalized spacial score (nSPS) is 10.4. The standard InChI is InChI=1S/C14H9F2IO/c15-11-2-1-3-12(16)14(11)13(18)8-9-4-6-10(17)7-5-9/h1-7H,8H2. The molecule has 0 aromatic heterocycles. The van der Waals surface area contributed by atoms with Crippen molar-refractivity contribution >= 4 is 28.4 Å². The number of benzene rings is 2. The van der Waals surface area contributed by atoms with Crippen molar-refractivity contribution in [2.24, 2.45) is 0 Å². The molecule has 0 aliphatic rings. The molecule has 2 aromatic carbocycles. The van der Waals surface area contributed by atoms with E-state index in [1.54, 1.807) is 12.1 Å². The Bertz CT molecular complexity index is 559. The summed E-state index contributed by atoms with van der Waals surface area (Å²) in [6, 6.07) is 10.7. The highest BCUT2D eigenvalue weighted by Gasteiger charge is 2.16. The van der Waals surface area contributed by atoms with Crippen LogP contribution in [-0.2, 0) is 6.42 Å². The van der Waals surface area contributed by atoms with E-state index in [0.29, 0.717) is 0 Å². The first-order valence-corrected chi connectivity index (χ1v) is 6.37. The molecule has 0 fully saturated rings. The summed E-state index contributed by atoms with van der Waals surface area (Å²) in [5.41, 5.74) is 0.277. The van der Waals surface area contributed by atoms with Gasteiger partial charge < -0.3 is 0 Å². The molecule has 2 aromatic rings. The van der Waals surface area contributed by atoms with Gasteiger partial charge in [0.1, 0.15) is 11.6 Å². The van der Waals surface area contributed by atoms with E-state index in [9.17, 15) is 13.6 Å². The second kappa shape index (κ2) is 5.56. The summed E-state index contributed by atoms with van der Waals surface area (Å²) < 4.78 is 27.9. The molecule has 0 saturated heterocycles. The van der Waals surface area contributed by atoms with Gasteiger partial charge in [-0.3, -0.25) is 4.79 Å². The Hall–Kier alpha value is -1.30. The van der Waals surface area contributed by atoms with Crippen LogP contribution in [0.15, 0.2) is 42.5 Å². The van der Waals surface area contributed by atoms with E-state index in [1.165, 1.54) is 6.07 Å². The number of carbonyl (C=O) groups excluding carboxylic acids is 1. The first-order chi connectivity index (χ1) is 8.58. The van der Waals surface area contributed by atoms with Gasteiger partial charge in [-0.1, -0.05) is 18.2 Å². The maximum Gasteiger partial charge on any atom is 0.173 e. The molecular weight excluding hydrogens is 349 g/mol. The van der Waals surface area contributed by atoms with E-state index >= 15 is 0 Å². The number of Topliss-reactive ketones (excluding diaryl/α,β-unsaturated/α-hetero) is 1. The Morgan fingerprint density at radius 3 is 2.11 bits per heavy atom. The van der Waals surface area contributed by atoms with Gasteiger partial charge >= 0.3 is 0 Å². The first-order valence-electron chi connectivity index (χ1n) is 5.29. The van der Waals surface area contributed by atoms with Crippen LogP contribution in [0.2, 0.25) is 0 Å². The highest BCUT2D eigenvalue weighted by molar-refractivity contribution is 14.1.